The number of aliphatic hydroxyl groups is 1. The summed E-state index contributed by atoms with van der Waals surface area (Å²) in [5.74, 6) is 0. The number of fused-ring (bicyclic) bond motifs is 1. The third-order valence-electron chi connectivity index (χ3n) is 7.04. The number of aromatic nitrogens is 1. The van der Waals surface area contributed by atoms with E-state index in [2.05, 4.69) is 68.6 Å². The Morgan fingerprint density at radius 2 is 1.86 bits per heavy atom. The molecular formula is C28H28BrCl2N3O. The summed E-state index contributed by atoms with van der Waals surface area (Å²) in [6, 6.07) is 24.6. The van der Waals surface area contributed by atoms with E-state index in [9.17, 15) is 5.11 Å². The van der Waals surface area contributed by atoms with E-state index < -0.39 is 11.8 Å². The summed E-state index contributed by atoms with van der Waals surface area (Å²) in [6.07, 6.45) is 1.05. The summed E-state index contributed by atoms with van der Waals surface area (Å²) in [5, 5.41) is 17.0. The van der Waals surface area contributed by atoms with Crippen LogP contribution in [0, 0.1) is 0 Å². The van der Waals surface area contributed by atoms with Crippen LogP contribution < -0.4 is 5.32 Å². The van der Waals surface area contributed by atoms with Crippen LogP contribution in [0.3, 0.4) is 0 Å². The molecule has 0 saturated carbocycles. The summed E-state index contributed by atoms with van der Waals surface area (Å²) >= 11 is 16.4. The number of aryl methyl sites for hydroxylation is 1. The molecule has 1 saturated heterocycles. The van der Waals surface area contributed by atoms with Crippen molar-refractivity contribution in [2.45, 2.75) is 31.2 Å². The molecule has 182 valence electrons. The van der Waals surface area contributed by atoms with Crippen LogP contribution in [0.2, 0.25) is 10.0 Å². The Morgan fingerprint density at radius 3 is 2.63 bits per heavy atom. The molecule has 3 aromatic carbocycles. The van der Waals surface area contributed by atoms with E-state index in [4.69, 9.17) is 23.2 Å². The molecule has 2 N–H and O–H groups in total. The number of benzene rings is 3. The van der Waals surface area contributed by atoms with Crippen LogP contribution in [-0.2, 0) is 19.1 Å². The quantitative estimate of drug-likeness (QED) is 0.244. The van der Waals surface area contributed by atoms with Gasteiger partial charge in [-0.1, -0.05) is 81.6 Å². The molecule has 2 atom stereocenters. The SMILES string of the molecule is Cn1c(C(O)NC2(c3cccc(Br)c3)CCCN(Cc3ccccc3)C2)cc2c(Cl)c(Cl)ccc21. The normalized spacial score (nSPS) is 19.8. The lowest BCUT2D eigenvalue weighted by molar-refractivity contribution is 0.0360. The largest absolute Gasteiger partial charge is 0.373 e. The number of halogens is 3. The number of hydrogen-bond donors (Lipinski definition) is 2. The van der Waals surface area contributed by atoms with E-state index in [1.54, 1.807) is 6.07 Å². The summed E-state index contributed by atoms with van der Waals surface area (Å²) in [7, 11) is 1.95. The molecule has 7 heteroatoms. The minimum absolute atomic E-state index is 0.422. The summed E-state index contributed by atoms with van der Waals surface area (Å²) in [6.45, 7) is 2.67. The van der Waals surface area contributed by atoms with Crippen LogP contribution >= 0.6 is 39.1 Å². The Bertz CT molecular complexity index is 1340. The minimum Gasteiger partial charge on any atom is -0.373 e. The molecule has 0 spiro atoms. The molecule has 35 heavy (non-hydrogen) atoms. The molecule has 1 aliphatic rings. The highest BCUT2D eigenvalue weighted by Gasteiger charge is 2.39. The molecule has 4 aromatic rings. The molecular weight excluding hydrogens is 545 g/mol. The lowest BCUT2D eigenvalue weighted by Gasteiger charge is -2.45. The Labute approximate surface area is 224 Å². The average Bonchev–Trinajstić information content (AvgIpc) is 3.19. The number of nitrogens with one attached hydrogen (secondary N) is 1. The molecule has 5 rings (SSSR count). The van der Waals surface area contributed by atoms with Gasteiger partial charge in [-0.3, -0.25) is 10.2 Å². The van der Waals surface area contributed by atoms with Gasteiger partial charge in [0.2, 0.25) is 0 Å². The summed E-state index contributed by atoms with van der Waals surface area (Å²) < 4.78 is 3.01. The van der Waals surface area contributed by atoms with E-state index >= 15 is 0 Å². The van der Waals surface area contributed by atoms with Crippen LogP contribution in [0.4, 0.5) is 0 Å². The van der Waals surface area contributed by atoms with E-state index in [0.29, 0.717) is 10.0 Å². The number of hydrogen-bond acceptors (Lipinski definition) is 3. The van der Waals surface area contributed by atoms with Gasteiger partial charge < -0.3 is 9.67 Å². The smallest absolute Gasteiger partial charge is 0.146 e. The van der Waals surface area contributed by atoms with Crippen molar-refractivity contribution in [1.82, 2.24) is 14.8 Å². The maximum absolute atomic E-state index is 11.5. The predicted molar refractivity (Wildman–Crippen MR) is 148 cm³/mol. The fourth-order valence-corrected chi connectivity index (χ4v) is 6.09. The van der Waals surface area contributed by atoms with E-state index in [-0.39, 0.29) is 0 Å². The van der Waals surface area contributed by atoms with Crippen molar-refractivity contribution in [3.8, 4) is 0 Å². The van der Waals surface area contributed by atoms with Gasteiger partial charge in [-0.2, -0.15) is 0 Å². The van der Waals surface area contributed by atoms with Crippen LogP contribution in [0.25, 0.3) is 10.9 Å². The fourth-order valence-electron chi connectivity index (χ4n) is 5.31. The van der Waals surface area contributed by atoms with Gasteiger partial charge in [-0.15, -0.1) is 0 Å². The minimum atomic E-state index is -0.891. The first kappa shape index (κ1) is 24.8. The van der Waals surface area contributed by atoms with Crippen molar-refractivity contribution >= 4 is 50.0 Å². The standard InChI is InChI=1S/C28H28BrCl2N3O/c1-33-24-12-11-23(30)26(31)22(24)16-25(33)27(35)32-28(20-9-5-10-21(29)15-20)13-6-14-34(18-28)17-19-7-3-2-4-8-19/h2-5,7-12,15-16,27,32,35H,6,13-14,17-18H2,1H3. The lowest BCUT2D eigenvalue weighted by atomic mass is 9.81. The lowest BCUT2D eigenvalue weighted by Crippen LogP contribution is -2.55. The predicted octanol–water partition coefficient (Wildman–Crippen LogP) is 7.02. The van der Waals surface area contributed by atoms with Crippen molar-refractivity contribution in [3.05, 3.63) is 104 Å². The molecule has 1 fully saturated rings. The molecule has 2 heterocycles. The first-order valence-electron chi connectivity index (χ1n) is 11.8. The van der Waals surface area contributed by atoms with E-state index in [0.717, 1.165) is 59.1 Å². The molecule has 0 bridgehead atoms. The molecule has 0 radical (unpaired) electrons. The van der Waals surface area contributed by atoms with Crippen molar-refractivity contribution in [2.75, 3.05) is 13.1 Å². The third-order valence-corrected chi connectivity index (χ3v) is 8.35. The zero-order valence-corrected chi connectivity index (χ0v) is 22.6. The Balaban J connectivity index is 1.50. The summed E-state index contributed by atoms with van der Waals surface area (Å²) in [5.41, 5.74) is 3.70. The van der Waals surface area contributed by atoms with Gasteiger partial charge in [-0.05, 0) is 60.8 Å². The van der Waals surface area contributed by atoms with Gasteiger partial charge in [0.15, 0.2) is 0 Å². The van der Waals surface area contributed by atoms with Crippen molar-refractivity contribution < 1.29 is 5.11 Å². The highest BCUT2D eigenvalue weighted by molar-refractivity contribution is 9.10. The first-order valence-corrected chi connectivity index (χ1v) is 13.3. The highest BCUT2D eigenvalue weighted by Crippen LogP contribution is 2.38. The second-order valence-electron chi connectivity index (χ2n) is 9.36. The molecule has 1 aliphatic heterocycles. The summed E-state index contributed by atoms with van der Waals surface area (Å²) in [4.78, 5) is 2.47. The Kier molecular flexibility index (Phi) is 7.27. The zero-order chi connectivity index (χ0) is 24.6. The second-order valence-corrected chi connectivity index (χ2v) is 11.1. The van der Waals surface area contributed by atoms with E-state index in [1.807, 2.05) is 35.9 Å². The number of nitrogens with zero attached hydrogens (tertiary/aromatic N) is 2. The first-order chi connectivity index (χ1) is 16.9. The third kappa shape index (κ3) is 5.04. The van der Waals surface area contributed by atoms with Crippen molar-refractivity contribution in [3.63, 3.8) is 0 Å². The number of piperidine rings is 1. The van der Waals surface area contributed by atoms with Crippen LogP contribution in [0.5, 0.6) is 0 Å². The van der Waals surface area contributed by atoms with Crippen LogP contribution in [0.15, 0.2) is 77.3 Å². The van der Waals surface area contributed by atoms with Gasteiger partial charge in [0, 0.05) is 35.5 Å². The number of aliphatic hydroxyl groups excluding tert-OH is 1. The Hall–Kier alpha value is -1.86. The molecule has 0 aliphatic carbocycles. The maximum Gasteiger partial charge on any atom is 0.146 e. The van der Waals surface area contributed by atoms with Gasteiger partial charge >= 0.3 is 0 Å². The van der Waals surface area contributed by atoms with Gasteiger partial charge in [0.05, 0.1) is 21.3 Å². The van der Waals surface area contributed by atoms with E-state index in [1.165, 1.54) is 5.56 Å². The van der Waals surface area contributed by atoms with Crippen molar-refractivity contribution in [2.24, 2.45) is 7.05 Å². The molecule has 1 aromatic heterocycles. The topological polar surface area (TPSA) is 40.4 Å². The monoisotopic (exact) mass is 571 g/mol. The average molecular weight is 573 g/mol. The highest BCUT2D eigenvalue weighted by atomic mass is 79.9. The van der Waals surface area contributed by atoms with Crippen LogP contribution in [0.1, 0.15) is 35.9 Å². The fraction of sp³-hybridized carbons (Fsp3) is 0.286. The molecule has 2 unspecified atom stereocenters. The molecule has 0 amide bonds. The zero-order valence-electron chi connectivity index (χ0n) is 19.5. The Morgan fingerprint density at radius 1 is 1.06 bits per heavy atom. The second kappa shape index (κ2) is 10.3. The van der Waals surface area contributed by atoms with Gasteiger partial charge in [-0.25, -0.2) is 0 Å². The molecule has 4 nitrogen and oxygen atoms in total. The maximum atomic E-state index is 11.5. The van der Waals surface area contributed by atoms with Gasteiger partial charge in [0.25, 0.3) is 0 Å². The van der Waals surface area contributed by atoms with Gasteiger partial charge in [0.1, 0.15) is 6.23 Å². The number of rotatable bonds is 6. The van der Waals surface area contributed by atoms with Crippen LogP contribution in [-0.4, -0.2) is 27.7 Å². The number of likely N-dealkylation sites (tertiary alicyclic amines) is 1. The van der Waals surface area contributed by atoms with Crippen molar-refractivity contribution in [1.29, 1.82) is 0 Å².